The van der Waals surface area contributed by atoms with E-state index in [2.05, 4.69) is 35.9 Å². The standard InChI is InChI=1S/C31H39N9O10/c32-12-2-1-3-21(29(47)48)37-23(42)11-6-17(28(45)46)13-20(41)9-10-22(30(49)50)38-26(43)16-4-7-18(8-5-16)34-14-19-15-35-25-24(36-19)27(44)40-31(33)39-25/h4-5,7-8,15,17,21-22,34H,1-3,6,9-14,32H2,(H,37,42)(H,38,43)(H,45,46)(H,47,48)(H,49,50)(H3,33,35,39,40,44)/t17-,21+,22+/m0/s1. The van der Waals surface area contributed by atoms with Gasteiger partial charge in [0.2, 0.25) is 11.9 Å². The number of fused-ring (bicyclic) bond motifs is 1. The molecule has 2 heterocycles. The number of carboxylic acids is 3. The van der Waals surface area contributed by atoms with E-state index in [1.54, 1.807) is 12.1 Å². The smallest absolute Gasteiger partial charge is 0.326 e. The van der Waals surface area contributed by atoms with Crippen LogP contribution in [0.3, 0.4) is 0 Å². The Balaban J connectivity index is 1.48. The minimum atomic E-state index is -1.45. The highest BCUT2D eigenvalue weighted by Crippen LogP contribution is 2.16. The van der Waals surface area contributed by atoms with E-state index in [1.165, 1.54) is 18.3 Å². The first-order valence-electron chi connectivity index (χ1n) is 15.6. The van der Waals surface area contributed by atoms with E-state index in [0.29, 0.717) is 30.8 Å². The number of nitrogens with one attached hydrogen (secondary N) is 4. The van der Waals surface area contributed by atoms with Gasteiger partial charge in [0.15, 0.2) is 11.2 Å². The van der Waals surface area contributed by atoms with E-state index in [9.17, 15) is 48.9 Å². The van der Waals surface area contributed by atoms with E-state index in [1.807, 2.05) is 0 Å². The van der Waals surface area contributed by atoms with Crippen molar-refractivity contribution in [1.29, 1.82) is 0 Å². The van der Waals surface area contributed by atoms with E-state index in [4.69, 9.17) is 11.5 Å². The number of aliphatic carboxylic acids is 3. The number of benzene rings is 1. The molecule has 19 heteroatoms. The summed E-state index contributed by atoms with van der Waals surface area (Å²) < 4.78 is 0. The van der Waals surface area contributed by atoms with Crippen LogP contribution < -0.4 is 33.0 Å². The highest BCUT2D eigenvalue weighted by atomic mass is 16.4. The van der Waals surface area contributed by atoms with Gasteiger partial charge in [0, 0.05) is 30.5 Å². The first-order chi connectivity index (χ1) is 23.8. The number of nitrogens with two attached hydrogens (primary N) is 2. The second-order valence-electron chi connectivity index (χ2n) is 11.4. The summed E-state index contributed by atoms with van der Waals surface area (Å²) in [5, 5.41) is 36.2. The predicted molar refractivity (Wildman–Crippen MR) is 177 cm³/mol. The maximum Gasteiger partial charge on any atom is 0.326 e. The third-order valence-corrected chi connectivity index (χ3v) is 7.55. The third kappa shape index (κ3) is 11.9. The minimum absolute atomic E-state index is 0.0176. The molecular formula is C31H39N9O10. The molecule has 3 rings (SSSR count). The molecule has 2 amide bonds. The number of Topliss-reactive ketones (excluding diaryl/α,β-unsaturated/α-hetero) is 1. The number of carbonyl (C=O) groups is 6. The molecule has 1 aromatic carbocycles. The van der Waals surface area contributed by atoms with Crippen molar-refractivity contribution < 1.29 is 44.1 Å². The summed E-state index contributed by atoms with van der Waals surface area (Å²) in [6, 6.07) is 3.41. The molecule has 0 aliphatic carbocycles. The first-order valence-corrected chi connectivity index (χ1v) is 15.6. The van der Waals surface area contributed by atoms with Crippen LogP contribution in [-0.2, 0) is 30.5 Å². The third-order valence-electron chi connectivity index (χ3n) is 7.55. The number of amides is 2. The van der Waals surface area contributed by atoms with Crippen molar-refractivity contribution in [2.75, 3.05) is 17.6 Å². The molecule has 268 valence electrons. The van der Waals surface area contributed by atoms with Gasteiger partial charge in [0.1, 0.15) is 17.9 Å². The lowest BCUT2D eigenvalue weighted by atomic mass is 9.94. The number of aromatic nitrogens is 4. The fourth-order valence-electron chi connectivity index (χ4n) is 4.80. The van der Waals surface area contributed by atoms with Crippen molar-refractivity contribution in [3.8, 4) is 0 Å². The lowest BCUT2D eigenvalue weighted by Crippen LogP contribution is -2.41. The topological polar surface area (TPSA) is 323 Å². The van der Waals surface area contributed by atoms with Gasteiger partial charge in [-0.25, -0.2) is 19.6 Å². The highest BCUT2D eigenvalue weighted by Gasteiger charge is 2.26. The molecule has 0 spiro atoms. The summed E-state index contributed by atoms with van der Waals surface area (Å²) in [4.78, 5) is 99.2. The van der Waals surface area contributed by atoms with Crippen LogP contribution in [0.15, 0.2) is 35.3 Å². The Morgan fingerprint density at radius 3 is 2.16 bits per heavy atom. The summed E-state index contributed by atoms with van der Waals surface area (Å²) >= 11 is 0. The Bertz CT molecular complexity index is 1760. The number of hydrogen-bond acceptors (Lipinski definition) is 13. The van der Waals surface area contributed by atoms with Crippen molar-refractivity contribution in [2.24, 2.45) is 11.7 Å². The normalized spacial score (nSPS) is 12.7. The van der Waals surface area contributed by atoms with E-state index in [0.717, 1.165) is 0 Å². The van der Waals surface area contributed by atoms with Crippen LogP contribution in [0.2, 0.25) is 0 Å². The quantitative estimate of drug-likeness (QED) is 0.0662. The van der Waals surface area contributed by atoms with Gasteiger partial charge in [-0.05, 0) is 62.9 Å². The number of ketones is 1. The van der Waals surface area contributed by atoms with Gasteiger partial charge in [0.25, 0.3) is 11.5 Å². The molecule has 19 nitrogen and oxygen atoms in total. The Morgan fingerprint density at radius 2 is 1.52 bits per heavy atom. The number of anilines is 2. The lowest BCUT2D eigenvalue weighted by molar-refractivity contribution is -0.145. The minimum Gasteiger partial charge on any atom is -0.481 e. The molecule has 3 aromatic rings. The van der Waals surface area contributed by atoms with Crippen molar-refractivity contribution in [3.05, 3.63) is 52.1 Å². The van der Waals surface area contributed by atoms with Gasteiger partial charge in [-0.1, -0.05) is 0 Å². The maximum atomic E-state index is 12.8. The van der Waals surface area contributed by atoms with Gasteiger partial charge >= 0.3 is 17.9 Å². The number of unbranched alkanes of at least 4 members (excludes halogenated alkanes) is 1. The van der Waals surface area contributed by atoms with Crippen molar-refractivity contribution in [1.82, 2.24) is 30.6 Å². The van der Waals surface area contributed by atoms with Crippen LogP contribution in [0.25, 0.3) is 11.2 Å². The molecule has 0 aliphatic rings. The van der Waals surface area contributed by atoms with Gasteiger partial charge in [-0.2, -0.15) is 4.98 Å². The van der Waals surface area contributed by atoms with Gasteiger partial charge < -0.3 is 42.7 Å². The average molecular weight is 698 g/mol. The molecule has 11 N–H and O–H groups in total. The molecule has 3 atom stereocenters. The Kier molecular flexibility index (Phi) is 14.3. The summed E-state index contributed by atoms with van der Waals surface area (Å²) in [7, 11) is 0. The molecule has 2 aromatic heterocycles. The number of rotatable bonds is 21. The number of carboxylic acid groups (broad SMARTS) is 3. The van der Waals surface area contributed by atoms with Gasteiger partial charge in [-0.15, -0.1) is 0 Å². The second-order valence-corrected chi connectivity index (χ2v) is 11.4. The molecule has 50 heavy (non-hydrogen) atoms. The molecule has 0 saturated carbocycles. The largest absolute Gasteiger partial charge is 0.481 e. The van der Waals surface area contributed by atoms with Crippen LogP contribution in [0.4, 0.5) is 11.6 Å². The van der Waals surface area contributed by atoms with Crippen LogP contribution in [0.5, 0.6) is 0 Å². The molecule has 0 radical (unpaired) electrons. The van der Waals surface area contributed by atoms with E-state index in [-0.39, 0.29) is 61.3 Å². The number of hydrogen-bond donors (Lipinski definition) is 9. The average Bonchev–Trinajstić information content (AvgIpc) is 3.07. The number of nitrogens with zero attached hydrogens (tertiary/aromatic N) is 3. The summed E-state index contributed by atoms with van der Waals surface area (Å²) in [5.41, 5.74) is 11.6. The molecule has 0 saturated heterocycles. The monoisotopic (exact) mass is 697 g/mol. The van der Waals surface area contributed by atoms with Crippen molar-refractivity contribution >= 4 is 58.3 Å². The van der Waals surface area contributed by atoms with E-state index >= 15 is 0 Å². The van der Waals surface area contributed by atoms with Crippen LogP contribution in [0, 0.1) is 5.92 Å². The summed E-state index contributed by atoms with van der Waals surface area (Å²) in [6.07, 6.45) is 0.910. The molecule has 0 bridgehead atoms. The number of H-pyrrole nitrogens is 1. The molecule has 0 fully saturated rings. The summed E-state index contributed by atoms with van der Waals surface area (Å²) in [6.45, 7) is 0.540. The van der Waals surface area contributed by atoms with Gasteiger partial charge in [-0.3, -0.25) is 29.0 Å². The Hall–Kier alpha value is -5.98. The van der Waals surface area contributed by atoms with E-state index < -0.39 is 65.5 Å². The number of aromatic amines is 1. The lowest BCUT2D eigenvalue weighted by Gasteiger charge is -2.17. The maximum absolute atomic E-state index is 12.8. The molecule has 0 unspecified atom stereocenters. The molecule has 0 aliphatic heterocycles. The number of carbonyl (C=O) groups excluding carboxylic acids is 3. The Labute approximate surface area is 284 Å². The van der Waals surface area contributed by atoms with Crippen molar-refractivity contribution in [2.45, 2.75) is 70.0 Å². The van der Waals surface area contributed by atoms with Gasteiger partial charge in [0.05, 0.1) is 24.4 Å². The van der Waals surface area contributed by atoms with Crippen molar-refractivity contribution in [3.63, 3.8) is 0 Å². The second kappa shape index (κ2) is 18.5. The van der Waals surface area contributed by atoms with Crippen LogP contribution in [-0.4, -0.2) is 89.4 Å². The molecular weight excluding hydrogens is 658 g/mol. The zero-order valence-electron chi connectivity index (χ0n) is 26.9. The predicted octanol–water partition coefficient (Wildman–Crippen LogP) is 0.00920. The highest BCUT2D eigenvalue weighted by molar-refractivity contribution is 5.97. The first kappa shape index (κ1) is 38.5. The Morgan fingerprint density at radius 1 is 0.840 bits per heavy atom. The fraction of sp³-hybridized carbons (Fsp3) is 0.419. The summed E-state index contributed by atoms with van der Waals surface area (Å²) in [5.74, 6) is -7.30. The van der Waals surface area contributed by atoms with Crippen LogP contribution in [0.1, 0.15) is 67.4 Å². The fourth-order valence-corrected chi connectivity index (χ4v) is 4.80. The SMILES string of the molecule is NCCCC[C@@H](NC(=O)CC[C@@H](CC(=O)CC[C@@H](NC(=O)c1ccc(NCc2cnc3nc(N)[nH]c(=O)c3n2)cc1)C(=O)O)C(=O)O)C(=O)O. The number of nitrogen functional groups attached to an aromatic ring is 1. The van der Waals surface area contributed by atoms with Crippen LogP contribution >= 0.6 is 0 Å². The zero-order valence-corrected chi connectivity index (χ0v) is 26.9. The zero-order chi connectivity index (χ0) is 36.8.